The maximum Gasteiger partial charge on any atom is 0.228 e. The van der Waals surface area contributed by atoms with Gasteiger partial charge in [0, 0.05) is 16.7 Å². The van der Waals surface area contributed by atoms with Crippen LogP contribution in [0.4, 0.5) is 11.9 Å². The summed E-state index contributed by atoms with van der Waals surface area (Å²) in [4.78, 5) is 13.8. The molecule has 1 heterocycles. The average Bonchev–Trinajstić information content (AvgIpc) is 2.45. The number of hydrogen-bond donors (Lipinski definition) is 2. The van der Waals surface area contributed by atoms with Gasteiger partial charge in [0.15, 0.2) is 5.16 Å². The molecule has 0 amide bonds. The Morgan fingerprint density at radius 1 is 1.23 bits per heavy atom. The van der Waals surface area contributed by atoms with Gasteiger partial charge in [-0.25, -0.2) is 0 Å². The number of nitrogens with one attached hydrogen (secondary N) is 1. The van der Waals surface area contributed by atoms with Crippen LogP contribution in [0.5, 0.6) is 0 Å². The van der Waals surface area contributed by atoms with E-state index in [2.05, 4.69) is 59.2 Å². The minimum Gasteiger partial charge on any atom is -0.368 e. The van der Waals surface area contributed by atoms with Gasteiger partial charge < -0.3 is 11.1 Å². The molecule has 0 aliphatic rings. The van der Waals surface area contributed by atoms with Gasteiger partial charge in [-0.2, -0.15) is 15.0 Å². The molecule has 2 rings (SSSR count). The van der Waals surface area contributed by atoms with E-state index in [-0.39, 0.29) is 12.0 Å². The van der Waals surface area contributed by atoms with Crippen molar-refractivity contribution in [1.29, 1.82) is 0 Å². The van der Waals surface area contributed by atoms with E-state index in [9.17, 15) is 0 Å². The topological polar surface area (TPSA) is 76.7 Å². The van der Waals surface area contributed by atoms with Crippen LogP contribution in [0, 0.1) is 13.8 Å². The number of nitrogens with two attached hydrogens (primary N) is 1. The lowest BCUT2D eigenvalue weighted by Crippen LogP contribution is -2.20. The number of aryl methyl sites for hydroxylation is 2. The molecule has 2 aromatic rings. The minimum atomic E-state index is 0.224. The molecule has 0 spiro atoms. The second-order valence-electron chi connectivity index (χ2n) is 5.13. The molecule has 0 aliphatic carbocycles. The number of thioether (sulfide) groups is 2. The molecule has 22 heavy (non-hydrogen) atoms. The Labute approximate surface area is 139 Å². The van der Waals surface area contributed by atoms with Gasteiger partial charge in [-0.05, 0) is 38.7 Å². The van der Waals surface area contributed by atoms with Crippen molar-refractivity contribution in [2.45, 2.75) is 36.9 Å². The fourth-order valence-electron chi connectivity index (χ4n) is 1.97. The Kier molecular flexibility index (Phi) is 5.90. The smallest absolute Gasteiger partial charge is 0.228 e. The Morgan fingerprint density at radius 3 is 2.68 bits per heavy atom. The van der Waals surface area contributed by atoms with Crippen molar-refractivity contribution in [3.63, 3.8) is 0 Å². The quantitative estimate of drug-likeness (QED) is 0.784. The van der Waals surface area contributed by atoms with Crippen LogP contribution in [0.2, 0.25) is 0 Å². The fourth-order valence-corrected chi connectivity index (χ4v) is 3.29. The van der Waals surface area contributed by atoms with Crippen molar-refractivity contribution in [2.75, 3.05) is 23.1 Å². The summed E-state index contributed by atoms with van der Waals surface area (Å²) in [6, 6.07) is 6.75. The third-order valence-electron chi connectivity index (χ3n) is 3.01. The van der Waals surface area contributed by atoms with Gasteiger partial charge in [-0.15, -0.1) is 11.8 Å². The van der Waals surface area contributed by atoms with Gasteiger partial charge in [0.2, 0.25) is 11.9 Å². The van der Waals surface area contributed by atoms with E-state index >= 15 is 0 Å². The number of rotatable bonds is 6. The van der Waals surface area contributed by atoms with Crippen molar-refractivity contribution in [2.24, 2.45) is 0 Å². The van der Waals surface area contributed by atoms with Crippen molar-refractivity contribution < 1.29 is 0 Å². The number of aromatic nitrogens is 3. The standard InChI is InChI=1S/C15H21N5S2/c1-9-5-6-12(10(2)7-9)22-8-11(3)17-14-18-13(16)19-15(20-14)21-4/h5-7,11H,8H2,1-4H3,(H3,16,17,18,19,20). The summed E-state index contributed by atoms with van der Waals surface area (Å²) < 4.78 is 0. The minimum absolute atomic E-state index is 0.224. The summed E-state index contributed by atoms with van der Waals surface area (Å²) in [5, 5.41) is 3.91. The molecule has 5 nitrogen and oxygen atoms in total. The highest BCUT2D eigenvalue weighted by atomic mass is 32.2. The lowest BCUT2D eigenvalue weighted by Gasteiger charge is -2.15. The molecule has 0 radical (unpaired) electrons. The highest BCUT2D eigenvalue weighted by Crippen LogP contribution is 2.24. The van der Waals surface area contributed by atoms with Crippen molar-refractivity contribution in [1.82, 2.24) is 15.0 Å². The molecular weight excluding hydrogens is 314 g/mol. The van der Waals surface area contributed by atoms with Gasteiger partial charge in [-0.3, -0.25) is 0 Å². The van der Waals surface area contributed by atoms with Crippen LogP contribution in [-0.4, -0.2) is 33.0 Å². The van der Waals surface area contributed by atoms with Gasteiger partial charge in [-0.1, -0.05) is 29.5 Å². The van der Waals surface area contributed by atoms with E-state index in [1.54, 1.807) is 0 Å². The first kappa shape index (κ1) is 16.9. The van der Waals surface area contributed by atoms with E-state index < -0.39 is 0 Å². The molecule has 0 fully saturated rings. The van der Waals surface area contributed by atoms with Gasteiger partial charge >= 0.3 is 0 Å². The van der Waals surface area contributed by atoms with E-state index in [1.165, 1.54) is 27.8 Å². The van der Waals surface area contributed by atoms with Crippen LogP contribution >= 0.6 is 23.5 Å². The fraction of sp³-hybridized carbons (Fsp3) is 0.400. The zero-order valence-electron chi connectivity index (χ0n) is 13.3. The van der Waals surface area contributed by atoms with Crippen LogP contribution in [-0.2, 0) is 0 Å². The Balaban J connectivity index is 1.95. The third kappa shape index (κ3) is 4.78. The first-order valence-corrected chi connectivity index (χ1v) is 9.21. The molecule has 1 atom stereocenters. The Hall–Kier alpha value is -1.47. The number of benzene rings is 1. The number of nitrogens with zero attached hydrogens (tertiary/aromatic N) is 3. The van der Waals surface area contributed by atoms with E-state index in [0.29, 0.717) is 11.1 Å². The molecular formula is C15H21N5S2. The zero-order valence-corrected chi connectivity index (χ0v) is 14.9. The maximum atomic E-state index is 5.69. The predicted octanol–water partition coefficient (Wildman–Crippen LogP) is 3.39. The molecule has 0 aliphatic heterocycles. The number of nitrogen functional groups attached to an aromatic ring is 1. The van der Waals surface area contributed by atoms with Crippen LogP contribution in [0.3, 0.4) is 0 Å². The molecule has 1 aromatic heterocycles. The SMILES string of the molecule is CSc1nc(N)nc(NC(C)CSc2ccc(C)cc2C)n1. The van der Waals surface area contributed by atoms with Gasteiger partial charge in [0.05, 0.1) is 0 Å². The molecule has 7 heteroatoms. The third-order valence-corrected chi connectivity index (χ3v) is 4.99. The summed E-state index contributed by atoms with van der Waals surface area (Å²) in [6.07, 6.45) is 1.91. The summed E-state index contributed by atoms with van der Waals surface area (Å²) in [7, 11) is 0. The van der Waals surface area contributed by atoms with Crippen LogP contribution in [0.15, 0.2) is 28.3 Å². The van der Waals surface area contributed by atoms with Crippen LogP contribution in [0.25, 0.3) is 0 Å². The molecule has 0 saturated heterocycles. The summed E-state index contributed by atoms with van der Waals surface area (Å²) in [6.45, 7) is 6.36. The second kappa shape index (κ2) is 7.69. The van der Waals surface area contributed by atoms with Gasteiger partial charge in [0.1, 0.15) is 0 Å². The van der Waals surface area contributed by atoms with Crippen molar-refractivity contribution in [3.8, 4) is 0 Å². The normalized spacial score (nSPS) is 12.2. The largest absolute Gasteiger partial charge is 0.368 e. The predicted molar refractivity (Wildman–Crippen MR) is 95.7 cm³/mol. The monoisotopic (exact) mass is 335 g/mol. The first-order valence-electron chi connectivity index (χ1n) is 7.00. The van der Waals surface area contributed by atoms with E-state index in [0.717, 1.165) is 5.75 Å². The highest BCUT2D eigenvalue weighted by Gasteiger charge is 2.09. The number of hydrogen-bond acceptors (Lipinski definition) is 7. The molecule has 1 unspecified atom stereocenters. The number of anilines is 2. The Bertz CT molecular complexity index is 648. The van der Waals surface area contributed by atoms with Crippen LogP contribution in [0.1, 0.15) is 18.1 Å². The van der Waals surface area contributed by atoms with E-state index in [1.807, 2.05) is 18.0 Å². The zero-order chi connectivity index (χ0) is 16.1. The summed E-state index contributed by atoms with van der Waals surface area (Å²) >= 11 is 3.28. The lowest BCUT2D eigenvalue weighted by atomic mass is 10.2. The summed E-state index contributed by atoms with van der Waals surface area (Å²) in [5.41, 5.74) is 8.29. The second-order valence-corrected chi connectivity index (χ2v) is 6.96. The molecule has 0 saturated carbocycles. The lowest BCUT2D eigenvalue weighted by molar-refractivity contribution is 0.848. The maximum absolute atomic E-state index is 5.69. The Morgan fingerprint density at radius 2 is 2.00 bits per heavy atom. The molecule has 0 bridgehead atoms. The van der Waals surface area contributed by atoms with E-state index in [4.69, 9.17) is 5.73 Å². The average molecular weight is 336 g/mol. The first-order chi connectivity index (χ1) is 10.5. The van der Waals surface area contributed by atoms with Crippen LogP contribution < -0.4 is 11.1 Å². The summed E-state index contributed by atoms with van der Waals surface area (Å²) in [5.74, 6) is 1.70. The molecule has 3 N–H and O–H groups in total. The van der Waals surface area contributed by atoms with Gasteiger partial charge in [0.25, 0.3) is 0 Å². The molecule has 1 aromatic carbocycles. The molecule has 118 valence electrons. The highest BCUT2D eigenvalue weighted by molar-refractivity contribution is 7.99. The van der Waals surface area contributed by atoms with Crippen molar-refractivity contribution >= 4 is 35.4 Å². The van der Waals surface area contributed by atoms with Crippen molar-refractivity contribution in [3.05, 3.63) is 29.3 Å².